The summed E-state index contributed by atoms with van der Waals surface area (Å²) in [6.07, 6.45) is 0.158. The molecule has 1 atom stereocenters. The summed E-state index contributed by atoms with van der Waals surface area (Å²) >= 11 is 2.34. The molecule has 1 aliphatic rings. The molecule has 4 rings (SSSR count). The summed E-state index contributed by atoms with van der Waals surface area (Å²) in [5.74, 6) is -2.23. The molecule has 0 bridgehead atoms. The predicted octanol–water partition coefficient (Wildman–Crippen LogP) is 4.51. The first kappa shape index (κ1) is 29.8. The van der Waals surface area contributed by atoms with Crippen LogP contribution >= 0.6 is 23.5 Å². The number of ether oxygens (including phenoxy) is 3. The first-order valence-corrected chi connectivity index (χ1v) is 14.2. The lowest BCUT2D eigenvalue weighted by molar-refractivity contribution is -0.147. The molecule has 1 aliphatic heterocycles. The zero-order valence-electron chi connectivity index (χ0n) is 22.2. The van der Waals surface area contributed by atoms with E-state index in [9.17, 15) is 24.3 Å². The van der Waals surface area contributed by atoms with Crippen LogP contribution in [0, 0.1) is 0 Å². The largest absolute Gasteiger partial charge is 0.508 e. The number of phenolic OH excluding ortho intramolecular Hbond substituents is 1. The van der Waals surface area contributed by atoms with Crippen molar-refractivity contribution in [1.29, 1.82) is 0 Å². The van der Waals surface area contributed by atoms with Crippen LogP contribution in [-0.2, 0) is 41.6 Å². The average molecular weight is 594 g/mol. The molecule has 2 N–H and O–H groups in total. The van der Waals surface area contributed by atoms with Crippen molar-refractivity contribution >= 4 is 47.3 Å². The van der Waals surface area contributed by atoms with E-state index in [-0.39, 0.29) is 33.2 Å². The van der Waals surface area contributed by atoms with Gasteiger partial charge in [-0.2, -0.15) is 0 Å². The minimum absolute atomic E-state index is 0.0577. The molecule has 0 aromatic heterocycles. The van der Waals surface area contributed by atoms with Gasteiger partial charge in [0.25, 0.3) is 5.91 Å². The van der Waals surface area contributed by atoms with E-state index in [4.69, 9.17) is 14.2 Å². The molecule has 0 spiro atoms. The van der Waals surface area contributed by atoms with Crippen molar-refractivity contribution < 1.29 is 38.5 Å². The fourth-order valence-electron chi connectivity index (χ4n) is 3.87. The Bertz CT molecular complexity index is 1410. The van der Waals surface area contributed by atoms with Gasteiger partial charge in [0, 0.05) is 12.0 Å². The Balaban J connectivity index is 1.46. The Hall–Kier alpha value is -4.22. The van der Waals surface area contributed by atoms with Crippen LogP contribution in [-0.4, -0.2) is 49.2 Å². The van der Waals surface area contributed by atoms with Crippen molar-refractivity contribution in [3.05, 3.63) is 111 Å². The average Bonchev–Trinajstić information content (AvgIpc) is 3.46. The van der Waals surface area contributed by atoms with E-state index in [0.717, 1.165) is 16.7 Å². The van der Waals surface area contributed by atoms with E-state index < -0.39 is 29.9 Å². The Morgan fingerprint density at radius 3 is 1.95 bits per heavy atom. The van der Waals surface area contributed by atoms with Crippen molar-refractivity contribution in [1.82, 2.24) is 5.32 Å². The first-order valence-electron chi connectivity index (χ1n) is 12.4. The molecule has 0 saturated heterocycles. The predicted molar refractivity (Wildman–Crippen MR) is 155 cm³/mol. The number of carbonyl (C=O) groups is 4. The minimum atomic E-state index is -0.981. The van der Waals surface area contributed by atoms with Crippen LogP contribution in [0.3, 0.4) is 0 Å². The maximum Gasteiger partial charge on any atom is 0.345 e. The highest BCUT2D eigenvalue weighted by atomic mass is 32.2. The highest BCUT2D eigenvalue weighted by molar-refractivity contribution is 8.23. The molecule has 0 unspecified atom stereocenters. The molecular formula is C30H27NO8S2. The molecule has 3 aromatic rings. The number of benzene rings is 3. The lowest BCUT2D eigenvalue weighted by atomic mass is 10.0. The molecule has 11 heteroatoms. The molecule has 0 radical (unpaired) electrons. The van der Waals surface area contributed by atoms with E-state index in [1.807, 2.05) is 30.3 Å². The second-order valence-corrected chi connectivity index (χ2v) is 11.4. The summed E-state index contributed by atoms with van der Waals surface area (Å²) in [7, 11) is 2.48. The molecule has 0 aliphatic carbocycles. The zero-order valence-corrected chi connectivity index (χ0v) is 23.8. The number of rotatable bonds is 10. The van der Waals surface area contributed by atoms with Crippen molar-refractivity contribution in [2.75, 3.05) is 14.2 Å². The number of thioether (sulfide) groups is 2. The number of aromatic hydroxyl groups is 1. The first-order chi connectivity index (χ1) is 19.8. The number of nitrogens with one attached hydrogen (secondary N) is 1. The fourth-order valence-corrected chi connectivity index (χ4v) is 6.68. The van der Waals surface area contributed by atoms with Crippen LogP contribution < -0.4 is 5.32 Å². The highest BCUT2D eigenvalue weighted by Crippen LogP contribution is 2.55. The van der Waals surface area contributed by atoms with Crippen molar-refractivity contribution in [2.24, 2.45) is 0 Å². The molecule has 1 heterocycles. The Kier molecular flexibility index (Phi) is 10.1. The number of methoxy groups -OCH3 is 2. The summed E-state index contributed by atoms with van der Waals surface area (Å²) in [5, 5.41) is 12.4. The summed E-state index contributed by atoms with van der Waals surface area (Å²) in [6.45, 7) is 0.0577. The lowest BCUT2D eigenvalue weighted by Gasteiger charge is -2.18. The second kappa shape index (κ2) is 13.9. The molecule has 9 nitrogen and oxygen atoms in total. The quantitative estimate of drug-likeness (QED) is 0.256. The summed E-state index contributed by atoms with van der Waals surface area (Å²) < 4.78 is 14.8. The third-order valence-electron chi connectivity index (χ3n) is 6.03. The van der Waals surface area contributed by atoms with Gasteiger partial charge in [0.1, 0.15) is 28.2 Å². The standard InChI is InChI=1S/C30H27NO8S2/c1-37-28(35)24-25(29(36)38-2)41-30(40-24)21-12-10-20(11-13-21)26(33)31-23(16-18-8-14-22(32)15-9-18)27(34)39-17-19-6-4-3-5-7-19/h3-15,23,30,32H,16-17H2,1-2H3,(H,31,33)/t23-/m0/s1. The van der Waals surface area contributed by atoms with E-state index in [1.165, 1.54) is 49.9 Å². The van der Waals surface area contributed by atoms with Gasteiger partial charge in [-0.05, 0) is 41.0 Å². The Labute approximate surface area is 245 Å². The molecule has 0 fully saturated rings. The van der Waals surface area contributed by atoms with Crippen LogP contribution in [0.5, 0.6) is 5.75 Å². The maximum absolute atomic E-state index is 13.2. The monoisotopic (exact) mass is 593 g/mol. The van der Waals surface area contributed by atoms with Gasteiger partial charge < -0.3 is 24.6 Å². The highest BCUT2D eigenvalue weighted by Gasteiger charge is 2.36. The third kappa shape index (κ3) is 7.71. The van der Waals surface area contributed by atoms with E-state index in [1.54, 1.807) is 36.4 Å². The van der Waals surface area contributed by atoms with Crippen molar-refractivity contribution in [3.8, 4) is 5.75 Å². The topological polar surface area (TPSA) is 128 Å². The van der Waals surface area contributed by atoms with Crippen LogP contribution in [0.4, 0.5) is 0 Å². The van der Waals surface area contributed by atoms with Crippen molar-refractivity contribution in [2.45, 2.75) is 23.7 Å². The van der Waals surface area contributed by atoms with Gasteiger partial charge in [0.05, 0.1) is 18.8 Å². The number of carbonyl (C=O) groups excluding carboxylic acids is 4. The van der Waals surface area contributed by atoms with Gasteiger partial charge in [-0.25, -0.2) is 14.4 Å². The third-order valence-corrected chi connectivity index (χ3v) is 8.92. The fraction of sp³-hybridized carbons (Fsp3) is 0.200. The van der Waals surface area contributed by atoms with Gasteiger partial charge in [-0.15, -0.1) is 0 Å². The molecule has 212 valence electrons. The van der Waals surface area contributed by atoms with Crippen LogP contribution in [0.25, 0.3) is 0 Å². The molecule has 3 aromatic carbocycles. The smallest absolute Gasteiger partial charge is 0.345 e. The summed E-state index contributed by atoms with van der Waals surface area (Å²) in [5.41, 5.74) is 2.61. The number of amides is 1. The normalized spacial score (nSPS) is 13.8. The van der Waals surface area contributed by atoms with Crippen LogP contribution in [0.2, 0.25) is 0 Å². The number of phenols is 1. The van der Waals surface area contributed by atoms with Gasteiger partial charge in [0.15, 0.2) is 0 Å². The van der Waals surface area contributed by atoms with Gasteiger partial charge >= 0.3 is 17.9 Å². The summed E-state index contributed by atoms with van der Waals surface area (Å²) in [6, 6.07) is 21.2. The molecular weight excluding hydrogens is 566 g/mol. The Morgan fingerprint density at radius 1 is 0.805 bits per heavy atom. The SMILES string of the molecule is COC(=O)C1=C(C(=O)OC)SC(c2ccc(C(=O)N[C@@H](Cc3ccc(O)cc3)C(=O)OCc3ccccc3)cc2)S1. The number of esters is 3. The molecule has 1 amide bonds. The lowest BCUT2D eigenvalue weighted by Crippen LogP contribution is -2.43. The summed E-state index contributed by atoms with van der Waals surface area (Å²) in [4.78, 5) is 50.9. The number of hydrogen-bond acceptors (Lipinski definition) is 10. The van der Waals surface area contributed by atoms with Gasteiger partial charge in [-0.3, -0.25) is 4.79 Å². The molecule has 0 saturated carbocycles. The molecule has 41 heavy (non-hydrogen) atoms. The van der Waals surface area contributed by atoms with E-state index in [2.05, 4.69) is 5.32 Å². The van der Waals surface area contributed by atoms with Crippen molar-refractivity contribution in [3.63, 3.8) is 0 Å². The Morgan fingerprint density at radius 2 is 1.39 bits per heavy atom. The second-order valence-electron chi connectivity index (χ2n) is 8.82. The van der Waals surface area contributed by atoms with Crippen LogP contribution in [0.15, 0.2) is 88.7 Å². The van der Waals surface area contributed by atoms with Crippen LogP contribution in [0.1, 0.15) is 31.6 Å². The zero-order chi connectivity index (χ0) is 29.4. The van der Waals surface area contributed by atoms with E-state index in [0.29, 0.717) is 5.56 Å². The van der Waals surface area contributed by atoms with E-state index >= 15 is 0 Å². The maximum atomic E-state index is 13.2. The van der Waals surface area contributed by atoms with Gasteiger partial charge in [-0.1, -0.05) is 78.1 Å². The number of hydrogen-bond donors (Lipinski definition) is 2. The minimum Gasteiger partial charge on any atom is -0.508 e. The van der Waals surface area contributed by atoms with Gasteiger partial charge in [0.2, 0.25) is 0 Å².